The SMILES string of the molecule is C=CC1=C(SCCl)NCC(C(=O)NC2Cc3ccccc3N(C/C(N)=N\OC(=O)OCC)C2=O)=C1.CC. The fourth-order valence-corrected chi connectivity index (χ4v) is 4.51. The van der Waals surface area contributed by atoms with Gasteiger partial charge >= 0.3 is 6.16 Å². The minimum absolute atomic E-state index is 0.113. The molecule has 1 unspecified atom stereocenters. The summed E-state index contributed by atoms with van der Waals surface area (Å²) in [5.41, 5.74) is 8.58. The van der Waals surface area contributed by atoms with E-state index in [1.807, 2.05) is 26.0 Å². The summed E-state index contributed by atoms with van der Waals surface area (Å²) in [4.78, 5) is 43.7. The fourth-order valence-electron chi connectivity index (χ4n) is 3.59. The van der Waals surface area contributed by atoms with Gasteiger partial charge in [-0.25, -0.2) is 4.79 Å². The monoisotopic (exact) mass is 549 g/mol. The number of dihydropyridines is 1. The molecule has 37 heavy (non-hydrogen) atoms. The Morgan fingerprint density at radius 2 is 2.11 bits per heavy atom. The molecule has 3 rings (SSSR count). The second-order valence-electron chi connectivity index (χ2n) is 7.41. The number of nitrogens with zero attached hydrogens (tertiary/aromatic N) is 2. The Labute approximate surface area is 225 Å². The van der Waals surface area contributed by atoms with Crippen LogP contribution in [0.25, 0.3) is 0 Å². The van der Waals surface area contributed by atoms with Crippen molar-refractivity contribution in [3.05, 3.63) is 64.7 Å². The molecule has 1 atom stereocenters. The molecular weight excluding hydrogens is 518 g/mol. The highest BCUT2D eigenvalue weighted by Crippen LogP contribution is 2.28. The number of amidine groups is 1. The zero-order valence-corrected chi connectivity index (χ0v) is 22.7. The van der Waals surface area contributed by atoms with Crippen molar-refractivity contribution in [2.24, 2.45) is 10.9 Å². The van der Waals surface area contributed by atoms with Crippen LogP contribution >= 0.6 is 23.4 Å². The predicted molar refractivity (Wildman–Crippen MR) is 147 cm³/mol. The van der Waals surface area contributed by atoms with Gasteiger partial charge < -0.3 is 26.0 Å². The number of hydrogen-bond donors (Lipinski definition) is 3. The summed E-state index contributed by atoms with van der Waals surface area (Å²) < 4.78 is 4.63. The van der Waals surface area contributed by atoms with Crippen molar-refractivity contribution in [2.45, 2.75) is 33.2 Å². The summed E-state index contributed by atoms with van der Waals surface area (Å²) in [7, 11) is 0. The summed E-state index contributed by atoms with van der Waals surface area (Å²) in [6.07, 6.45) is 2.68. The van der Waals surface area contributed by atoms with Crippen LogP contribution in [0.15, 0.2) is 64.3 Å². The molecule has 0 bridgehead atoms. The van der Waals surface area contributed by atoms with Gasteiger partial charge in [-0.3, -0.25) is 14.4 Å². The van der Waals surface area contributed by atoms with Gasteiger partial charge in [0.15, 0.2) is 5.84 Å². The lowest BCUT2D eigenvalue weighted by atomic mass is 9.96. The number of alkyl halides is 1. The highest BCUT2D eigenvalue weighted by Gasteiger charge is 2.35. The Kier molecular flexibility index (Phi) is 12.0. The number of benzene rings is 1. The standard InChI is InChI=1S/C23H26ClN5O5S.C2H6/c1-3-14-9-16(11-26-21(14)35-13-24)20(30)27-17-10-15-7-5-6-8-18(15)29(22(17)31)12-19(25)28-34-23(32)33-4-2;1-2/h3,5-9,17,26H,1,4,10-13H2,2H3,(H2,25,28)(H,27,30);1-2H3. The first-order valence-electron chi connectivity index (χ1n) is 11.7. The topological polar surface area (TPSA) is 135 Å². The number of halogens is 1. The van der Waals surface area contributed by atoms with Crippen LogP contribution in [0.5, 0.6) is 0 Å². The van der Waals surface area contributed by atoms with E-state index in [-0.39, 0.29) is 37.3 Å². The molecule has 2 heterocycles. The second-order valence-corrected chi connectivity index (χ2v) is 8.98. The number of nitrogens with one attached hydrogen (secondary N) is 2. The molecule has 200 valence electrons. The first-order chi connectivity index (χ1) is 17.9. The second kappa shape index (κ2) is 15.0. The van der Waals surface area contributed by atoms with E-state index in [9.17, 15) is 14.4 Å². The minimum Gasteiger partial charge on any atom is -0.433 e. The zero-order chi connectivity index (χ0) is 27.4. The Morgan fingerprint density at radius 1 is 1.38 bits per heavy atom. The third-order valence-electron chi connectivity index (χ3n) is 5.14. The summed E-state index contributed by atoms with van der Waals surface area (Å²) in [6.45, 7) is 9.67. The van der Waals surface area contributed by atoms with Crippen LogP contribution in [0.4, 0.5) is 10.5 Å². The number of nitrogens with two attached hydrogens (primary N) is 1. The Hall–Kier alpha value is -3.44. The smallest absolute Gasteiger partial charge is 0.433 e. The van der Waals surface area contributed by atoms with E-state index in [1.165, 1.54) is 16.7 Å². The molecular formula is C25H32ClN5O5S. The number of anilines is 1. The number of fused-ring (bicyclic) bond motifs is 1. The Morgan fingerprint density at radius 3 is 2.78 bits per heavy atom. The van der Waals surface area contributed by atoms with Crippen molar-refractivity contribution < 1.29 is 24.0 Å². The van der Waals surface area contributed by atoms with Crippen LogP contribution in [-0.4, -0.2) is 54.8 Å². The van der Waals surface area contributed by atoms with Crippen molar-refractivity contribution in [3.63, 3.8) is 0 Å². The summed E-state index contributed by atoms with van der Waals surface area (Å²) in [6, 6.07) is 6.45. The quantitative estimate of drug-likeness (QED) is 0.106. The minimum atomic E-state index is -0.999. The summed E-state index contributed by atoms with van der Waals surface area (Å²) in [5, 5.41) is 10.7. The molecule has 0 radical (unpaired) electrons. The molecule has 2 aliphatic rings. The van der Waals surface area contributed by atoms with E-state index >= 15 is 0 Å². The maximum absolute atomic E-state index is 13.3. The van der Waals surface area contributed by atoms with E-state index in [1.54, 1.807) is 31.2 Å². The van der Waals surface area contributed by atoms with E-state index in [0.717, 1.165) is 16.2 Å². The Bertz CT molecular complexity index is 1100. The van der Waals surface area contributed by atoms with E-state index in [2.05, 4.69) is 31.9 Å². The number of hydrogen-bond acceptors (Lipinski definition) is 8. The summed E-state index contributed by atoms with van der Waals surface area (Å²) in [5.74, 6) is -0.859. The number of oxime groups is 1. The van der Waals surface area contributed by atoms with Gasteiger partial charge in [-0.2, -0.15) is 0 Å². The molecule has 0 spiro atoms. The fraction of sp³-hybridized carbons (Fsp3) is 0.360. The lowest BCUT2D eigenvalue weighted by Crippen LogP contribution is -2.55. The molecule has 0 saturated carbocycles. The molecule has 1 aromatic carbocycles. The van der Waals surface area contributed by atoms with E-state index < -0.39 is 12.2 Å². The van der Waals surface area contributed by atoms with Crippen LogP contribution in [0.2, 0.25) is 0 Å². The van der Waals surface area contributed by atoms with Gasteiger partial charge in [0.1, 0.15) is 6.04 Å². The average molecular weight is 550 g/mol. The molecule has 0 aromatic heterocycles. The average Bonchev–Trinajstić information content (AvgIpc) is 2.91. The van der Waals surface area contributed by atoms with Crippen LogP contribution < -0.4 is 21.3 Å². The number of carbonyl (C=O) groups excluding carboxylic acids is 3. The number of thioether (sulfide) groups is 1. The van der Waals surface area contributed by atoms with E-state index in [4.69, 9.17) is 17.3 Å². The molecule has 0 fully saturated rings. The van der Waals surface area contributed by atoms with Gasteiger partial charge in [-0.05, 0) is 24.6 Å². The van der Waals surface area contributed by atoms with Crippen molar-refractivity contribution in [1.82, 2.24) is 10.6 Å². The highest BCUT2D eigenvalue weighted by atomic mass is 35.5. The number of carbonyl (C=O) groups is 3. The van der Waals surface area contributed by atoms with Crippen LogP contribution in [0, 0.1) is 0 Å². The normalized spacial score (nSPS) is 16.9. The molecule has 0 saturated heterocycles. The van der Waals surface area contributed by atoms with Crippen molar-refractivity contribution in [3.8, 4) is 0 Å². The molecule has 0 aliphatic carbocycles. The number of rotatable bonds is 9. The van der Waals surface area contributed by atoms with Crippen LogP contribution in [0.1, 0.15) is 26.3 Å². The van der Waals surface area contributed by atoms with Crippen molar-refractivity contribution in [2.75, 3.05) is 29.8 Å². The third-order valence-corrected chi connectivity index (χ3v) is 6.24. The van der Waals surface area contributed by atoms with Gasteiger partial charge in [-0.1, -0.05) is 61.6 Å². The van der Waals surface area contributed by atoms with Gasteiger partial charge in [-0.15, -0.1) is 11.6 Å². The lowest BCUT2D eigenvalue weighted by Gasteiger charge is -2.34. The maximum Gasteiger partial charge on any atom is 0.535 e. The summed E-state index contributed by atoms with van der Waals surface area (Å²) >= 11 is 7.21. The molecule has 4 N–H and O–H groups in total. The highest BCUT2D eigenvalue weighted by molar-refractivity contribution is 8.04. The largest absolute Gasteiger partial charge is 0.535 e. The van der Waals surface area contributed by atoms with E-state index in [0.29, 0.717) is 22.9 Å². The lowest BCUT2D eigenvalue weighted by molar-refractivity contribution is -0.125. The Balaban J connectivity index is 0.00000235. The molecule has 2 amide bonds. The first-order valence-corrected chi connectivity index (χ1v) is 13.3. The zero-order valence-electron chi connectivity index (χ0n) is 21.1. The third kappa shape index (κ3) is 8.02. The number of para-hydroxylation sites is 1. The maximum atomic E-state index is 13.3. The molecule has 10 nitrogen and oxygen atoms in total. The first kappa shape index (κ1) is 29.8. The van der Waals surface area contributed by atoms with Gasteiger partial charge in [0.2, 0.25) is 11.8 Å². The number of ether oxygens (including phenoxy) is 1. The molecule has 2 aliphatic heterocycles. The van der Waals surface area contributed by atoms with Gasteiger partial charge in [0.25, 0.3) is 0 Å². The number of allylic oxidation sites excluding steroid dienone is 3. The van der Waals surface area contributed by atoms with Crippen molar-refractivity contribution >= 4 is 52.9 Å². The van der Waals surface area contributed by atoms with Crippen LogP contribution in [0.3, 0.4) is 0 Å². The molecule has 1 aromatic rings. The predicted octanol–water partition coefficient (Wildman–Crippen LogP) is 3.39. The van der Waals surface area contributed by atoms with Gasteiger partial charge in [0, 0.05) is 29.8 Å². The van der Waals surface area contributed by atoms with Crippen molar-refractivity contribution in [1.29, 1.82) is 0 Å². The number of amides is 2. The van der Waals surface area contributed by atoms with Gasteiger partial charge in [0.05, 0.1) is 23.4 Å². The molecule has 12 heteroatoms. The van der Waals surface area contributed by atoms with Crippen LogP contribution in [-0.2, 0) is 25.6 Å².